The Hall–Kier alpha value is -1.64. The maximum atomic E-state index is 13.3. The van der Waals surface area contributed by atoms with Gasteiger partial charge in [-0.25, -0.2) is 4.39 Å². The van der Waals surface area contributed by atoms with Gasteiger partial charge in [-0.15, -0.1) is 0 Å². The lowest BCUT2D eigenvalue weighted by atomic mass is 10.0. The topological polar surface area (TPSA) is 65.3 Å². The molecule has 1 unspecified atom stereocenters. The SMILES string of the molecule is COCCC(C)(O)CNc1cccc(F)c1C#N. The summed E-state index contributed by atoms with van der Waals surface area (Å²) in [6.45, 7) is 2.31. The quantitative estimate of drug-likeness (QED) is 0.811. The number of hydrogen-bond donors (Lipinski definition) is 2. The van der Waals surface area contributed by atoms with Crippen LogP contribution in [0.4, 0.5) is 10.1 Å². The number of hydrogen-bond acceptors (Lipinski definition) is 4. The number of aliphatic hydroxyl groups is 1. The number of anilines is 1. The summed E-state index contributed by atoms with van der Waals surface area (Å²) in [5.41, 5.74) is -0.634. The number of benzene rings is 1. The van der Waals surface area contributed by atoms with Crippen molar-refractivity contribution < 1.29 is 14.2 Å². The maximum Gasteiger partial charge on any atom is 0.143 e. The van der Waals surface area contributed by atoms with Gasteiger partial charge in [0.15, 0.2) is 0 Å². The van der Waals surface area contributed by atoms with Gasteiger partial charge < -0.3 is 15.2 Å². The van der Waals surface area contributed by atoms with Gasteiger partial charge in [-0.3, -0.25) is 0 Å². The number of halogens is 1. The Balaban J connectivity index is 2.69. The lowest BCUT2D eigenvalue weighted by Crippen LogP contribution is -2.34. The van der Waals surface area contributed by atoms with E-state index >= 15 is 0 Å². The molecule has 0 amide bonds. The van der Waals surface area contributed by atoms with Gasteiger partial charge in [0.25, 0.3) is 0 Å². The number of rotatable bonds is 6. The average molecular weight is 252 g/mol. The summed E-state index contributed by atoms with van der Waals surface area (Å²) in [4.78, 5) is 0. The highest BCUT2D eigenvalue weighted by Crippen LogP contribution is 2.19. The number of nitrogens with zero attached hydrogens (tertiary/aromatic N) is 1. The van der Waals surface area contributed by atoms with Crippen molar-refractivity contribution in [3.8, 4) is 6.07 Å². The highest BCUT2D eigenvalue weighted by Gasteiger charge is 2.20. The zero-order valence-corrected chi connectivity index (χ0v) is 10.5. The largest absolute Gasteiger partial charge is 0.388 e. The molecule has 0 aliphatic rings. The van der Waals surface area contributed by atoms with Crippen LogP contribution in [0, 0.1) is 17.1 Å². The van der Waals surface area contributed by atoms with E-state index in [1.807, 2.05) is 0 Å². The van der Waals surface area contributed by atoms with Gasteiger partial charge in [0.1, 0.15) is 17.4 Å². The first-order valence-corrected chi connectivity index (χ1v) is 5.64. The Morgan fingerprint density at radius 3 is 2.89 bits per heavy atom. The van der Waals surface area contributed by atoms with Gasteiger partial charge in [-0.05, 0) is 19.1 Å². The lowest BCUT2D eigenvalue weighted by Gasteiger charge is -2.24. The van der Waals surface area contributed by atoms with Crippen LogP contribution in [0.3, 0.4) is 0 Å². The maximum absolute atomic E-state index is 13.3. The van der Waals surface area contributed by atoms with E-state index in [9.17, 15) is 9.50 Å². The molecule has 0 aromatic heterocycles. The minimum absolute atomic E-state index is 0.0416. The molecule has 98 valence electrons. The Morgan fingerprint density at radius 1 is 1.56 bits per heavy atom. The summed E-state index contributed by atoms with van der Waals surface area (Å²) < 4.78 is 18.2. The van der Waals surface area contributed by atoms with E-state index in [0.29, 0.717) is 18.7 Å². The monoisotopic (exact) mass is 252 g/mol. The molecule has 0 heterocycles. The molecular weight excluding hydrogens is 235 g/mol. The fourth-order valence-corrected chi connectivity index (χ4v) is 1.48. The summed E-state index contributed by atoms with van der Waals surface area (Å²) in [7, 11) is 1.56. The molecule has 4 nitrogen and oxygen atoms in total. The molecule has 18 heavy (non-hydrogen) atoms. The molecule has 1 atom stereocenters. The zero-order chi connectivity index (χ0) is 13.6. The predicted molar refractivity (Wildman–Crippen MR) is 66.7 cm³/mol. The van der Waals surface area contributed by atoms with E-state index in [-0.39, 0.29) is 12.1 Å². The molecule has 0 aliphatic carbocycles. The third kappa shape index (κ3) is 3.99. The van der Waals surface area contributed by atoms with E-state index in [2.05, 4.69) is 5.32 Å². The van der Waals surface area contributed by atoms with Crippen LogP contribution in [0.15, 0.2) is 18.2 Å². The standard InChI is InChI=1S/C13H17FN2O2/c1-13(17,6-7-18-2)9-16-12-5-3-4-11(14)10(12)8-15/h3-5,16-17H,6-7,9H2,1-2H3. The Morgan fingerprint density at radius 2 is 2.28 bits per heavy atom. The molecule has 0 saturated carbocycles. The molecule has 2 N–H and O–H groups in total. The Labute approximate surface area is 106 Å². The summed E-state index contributed by atoms with van der Waals surface area (Å²) in [6.07, 6.45) is 0.452. The second kappa shape index (κ2) is 6.34. The number of nitriles is 1. The van der Waals surface area contributed by atoms with Crippen molar-refractivity contribution in [3.63, 3.8) is 0 Å². The van der Waals surface area contributed by atoms with Gasteiger partial charge in [0, 0.05) is 26.7 Å². The fourth-order valence-electron chi connectivity index (χ4n) is 1.48. The summed E-state index contributed by atoms with van der Waals surface area (Å²) in [5, 5.41) is 21.8. The number of nitrogens with one attached hydrogen (secondary N) is 1. The van der Waals surface area contributed by atoms with Crippen LogP contribution < -0.4 is 5.32 Å². The molecule has 0 saturated heterocycles. The molecular formula is C13H17FN2O2. The molecule has 1 rings (SSSR count). The van der Waals surface area contributed by atoms with E-state index in [1.165, 1.54) is 12.1 Å². The van der Waals surface area contributed by atoms with Crippen molar-refractivity contribution in [1.82, 2.24) is 0 Å². The summed E-state index contributed by atoms with van der Waals surface area (Å²) in [5.74, 6) is -0.570. The van der Waals surface area contributed by atoms with Gasteiger partial charge >= 0.3 is 0 Å². The highest BCUT2D eigenvalue weighted by molar-refractivity contribution is 5.58. The van der Waals surface area contributed by atoms with Crippen molar-refractivity contribution in [2.45, 2.75) is 18.9 Å². The van der Waals surface area contributed by atoms with Crippen LogP contribution in [-0.4, -0.2) is 31.0 Å². The van der Waals surface area contributed by atoms with E-state index in [0.717, 1.165) is 0 Å². The summed E-state index contributed by atoms with van der Waals surface area (Å²) >= 11 is 0. The van der Waals surface area contributed by atoms with Gasteiger partial charge in [0.2, 0.25) is 0 Å². The molecule has 0 aliphatic heterocycles. The smallest absolute Gasteiger partial charge is 0.143 e. The van der Waals surface area contributed by atoms with Crippen LogP contribution >= 0.6 is 0 Å². The molecule has 1 aromatic carbocycles. The first-order chi connectivity index (χ1) is 8.50. The normalized spacial score (nSPS) is 13.7. The highest BCUT2D eigenvalue weighted by atomic mass is 19.1. The molecule has 0 bridgehead atoms. The van der Waals surface area contributed by atoms with Gasteiger partial charge in [-0.1, -0.05) is 6.07 Å². The van der Waals surface area contributed by atoms with Crippen LogP contribution in [0.1, 0.15) is 18.9 Å². The molecule has 0 fully saturated rings. The minimum Gasteiger partial charge on any atom is -0.388 e. The first kappa shape index (κ1) is 14.4. The average Bonchev–Trinajstić information content (AvgIpc) is 2.34. The van der Waals surface area contributed by atoms with Gasteiger partial charge in [-0.2, -0.15) is 5.26 Å². The van der Waals surface area contributed by atoms with Crippen LogP contribution in [0.2, 0.25) is 0 Å². The first-order valence-electron chi connectivity index (χ1n) is 5.64. The lowest BCUT2D eigenvalue weighted by molar-refractivity contribution is 0.0357. The Bertz CT molecular complexity index is 441. The zero-order valence-electron chi connectivity index (χ0n) is 10.5. The predicted octanol–water partition coefficient (Wildman–Crippen LogP) is 1.90. The minimum atomic E-state index is -0.977. The van der Waals surface area contributed by atoms with Crippen LogP contribution in [0.5, 0.6) is 0 Å². The van der Waals surface area contributed by atoms with E-state index in [1.54, 1.807) is 26.2 Å². The molecule has 0 spiro atoms. The second-order valence-corrected chi connectivity index (χ2v) is 4.37. The second-order valence-electron chi connectivity index (χ2n) is 4.37. The van der Waals surface area contributed by atoms with Crippen molar-refractivity contribution in [2.24, 2.45) is 0 Å². The van der Waals surface area contributed by atoms with E-state index < -0.39 is 11.4 Å². The third-order valence-corrected chi connectivity index (χ3v) is 2.63. The van der Waals surface area contributed by atoms with E-state index in [4.69, 9.17) is 10.00 Å². The van der Waals surface area contributed by atoms with Gasteiger partial charge in [0.05, 0.1) is 11.3 Å². The molecule has 1 aromatic rings. The van der Waals surface area contributed by atoms with Crippen molar-refractivity contribution >= 4 is 5.69 Å². The molecule has 0 radical (unpaired) electrons. The summed E-state index contributed by atoms with van der Waals surface area (Å²) in [6, 6.07) is 6.15. The van der Waals surface area contributed by atoms with Crippen molar-refractivity contribution in [3.05, 3.63) is 29.6 Å². The number of methoxy groups -OCH3 is 1. The van der Waals surface area contributed by atoms with Crippen LogP contribution in [-0.2, 0) is 4.74 Å². The van der Waals surface area contributed by atoms with Crippen molar-refractivity contribution in [2.75, 3.05) is 25.6 Å². The van der Waals surface area contributed by atoms with Crippen molar-refractivity contribution in [1.29, 1.82) is 5.26 Å². The Kier molecular flexibility index (Phi) is 5.08. The number of ether oxygens (including phenoxy) is 1. The molecule has 5 heteroatoms. The van der Waals surface area contributed by atoms with Crippen LogP contribution in [0.25, 0.3) is 0 Å². The fraction of sp³-hybridized carbons (Fsp3) is 0.462. The third-order valence-electron chi connectivity index (χ3n) is 2.63.